The molecule has 1 heterocycles. The van der Waals surface area contributed by atoms with E-state index in [2.05, 4.69) is 38.3 Å². The van der Waals surface area contributed by atoms with Gasteiger partial charge in [-0.25, -0.2) is 8.42 Å². The van der Waals surface area contributed by atoms with Crippen LogP contribution in [-0.4, -0.2) is 23.2 Å². The third-order valence-corrected chi connectivity index (χ3v) is 7.40. The predicted octanol–water partition coefficient (Wildman–Crippen LogP) is 5.45. The van der Waals surface area contributed by atoms with Crippen molar-refractivity contribution in [2.24, 2.45) is 0 Å². The first-order chi connectivity index (χ1) is 14.4. The topological polar surface area (TPSA) is 67.8 Å². The summed E-state index contributed by atoms with van der Waals surface area (Å²) in [6.45, 7) is 0.674. The van der Waals surface area contributed by atoms with E-state index in [1.54, 1.807) is 48.5 Å². The van der Waals surface area contributed by atoms with Crippen LogP contribution in [0.3, 0.4) is 0 Å². The van der Waals surface area contributed by atoms with E-state index >= 15 is 0 Å². The third-order valence-electron chi connectivity index (χ3n) is 4.77. The number of aromatic nitrogens is 3. The van der Waals surface area contributed by atoms with Gasteiger partial charge in [0.1, 0.15) is 0 Å². The van der Waals surface area contributed by atoms with Gasteiger partial charge in [0.05, 0.1) is 9.79 Å². The Labute approximate surface area is 188 Å². The molecule has 0 unspecified atom stereocenters. The van der Waals surface area contributed by atoms with Gasteiger partial charge in [0, 0.05) is 16.6 Å². The minimum absolute atomic E-state index is 0.235. The minimum Gasteiger partial charge on any atom is -0.300 e. The molecule has 0 aliphatic carbocycles. The fourth-order valence-electron chi connectivity index (χ4n) is 3.16. The molecule has 0 bridgehead atoms. The largest absolute Gasteiger partial charge is 0.300 e. The molecule has 4 rings (SSSR count). The summed E-state index contributed by atoms with van der Waals surface area (Å²) in [5.74, 6) is 0.684. The lowest BCUT2D eigenvalue weighted by Crippen LogP contribution is -2.05. The number of nitrogens with one attached hydrogen (secondary N) is 1. The van der Waals surface area contributed by atoms with Crippen LogP contribution in [0.25, 0.3) is 11.4 Å². The first-order valence-electron chi connectivity index (χ1n) is 9.25. The fraction of sp³-hybridized carbons (Fsp3) is 0.0909. The second kappa shape index (κ2) is 8.67. The molecule has 0 atom stereocenters. The molecule has 1 aromatic heterocycles. The lowest BCUT2D eigenvalue weighted by molar-refractivity contribution is 0.596. The van der Waals surface area contributed by atoms with Crippen molar-refractivity contribution in [2.45, 2.75) is 22.8 Å². The van der Waals surface area contributed by atoms with Crippen molar-refractivity contribution < 1.29 is 8.42 Å². The number of nitrogens with zero attached hydrogens (tertiary/aromatic N) is 2. The maximum Gasteiger partial charge on any atom is 0.206 e. The fourth-order valence-corrected chi connectivity index (χ4v) is 4.91. The average Bonchev–Trinajstić information content (AvgIpc) is 3.14. The van der Waals surface area contributed by atoms with Crippen molar-refractivity contribution in [3.8, 4) is 11.4 Å². The van der Waals surface area contributed by atoms with Crippen LogP contribution in [0.5, 0.6) is 0 Å². The highest BCUT2D eigenvalue weighted by Crippen LogP contribution is 2.25. The smallest absolute Gasteiger partial charge is 0.206 e. The quantitative estimate of drug-likeness (QED) is 0.358. The molecule has 0 spiro atoms. The molecule has 1 N–H and O–H groups in total. The summed E-state index contributed by atoms with van der Waals surface area (Å²) in [5, 5.41) is 7.19. The maximum absolute atomic E-state index is 12.9. The van der Waals surface area contributed by atoms with Gasteiger partial charge < -0.3 is 0 Å². The van der Waals surface area contributed by atoms with Gasteiger partial charge in [0.2, 0.25) is 9.84 Å². The molecule has 0 radical (unpaired) electrons. The second-order valence-corrected chi connectivity index (χ2v) is 9.97. The Balaban J connectivity index is 1.60. The van der Waals surface area contributed by atoms with E-state index in [0.717, 1.165) is 16.5 Å². The Hall–Kier alpha value is -2.55. The molecular formula is C22H18BrN3O2S2. The number of hydrogen-bond acceptors (Lipinski definition) is 4. The highest BCUT2D eigenvalue weighted by atomic mass is 79.9. The van der Waals surface area contributed by atoms with E-state index < -0.39 is 9.84 Å². The zero-order valence-electron chi connectivity index (χ0n) is 15.8. The van der Waals surface area contributed by atoms with Gasteiger partial charge >= 0.3 is 0 Å². The van der Waals surface area contributed by atoms with Crippen molar-refractivity contribution >= 4 is 38.0 Å². The number of rotatable bonds is 6. The van der Waals surface area contributed by atoms with Gasteiger partial charge in [0.25, 0.3) is 0 Å². The molecule has 0 saturated carbocycles. The SMILES string of the molecule is O=S(=O)(c1ccc(Br)cc1)c1ccc(-c2n[nH]c(=S)n2CCc2ccccc2)cc1. The van der Waals surface area contributed by atoms with Crippen molar-refractivity contribution in [1.82, 2.24) is 14.8 Å². The number of halogens is 1. The lowest BCUT2D eigenvalue weighted by atomic mass is 10.1. The summed E-state index contributed by atoms with van der Waals surface area (Å²) >= 11 is 8.72. The van der Waals surface area contributed by atoms with E-state index in [4.69, 9.17) is 12.2 Å². The number of sulfone groups is 1. The molecule has 0 saturated heterocycles. The Morgan fingerprint density at radius 3 is 2.13 bits per heavy atom. The number of benzene rings is 3. The number of aryl methyl sites for hydroxylation is 1. The third kappa shape index (κ3) is 4.30. The first-order valence-corrected chi connectivity index (χ1v) is 11.9. The number of hydrogen-bond donors (Lipinski definition) is 1. The summed E-state index contributed by atoms with van der Waals surface area (Å²) in [6.07, 6.45) is 0.817. The zero-order valence-corrected chi connectivity index (χ0v) is 19.0. The van der Waals surface area contributed by atoms with E-state index in [1.807, 2.05) is 22.8 Å². The lowest BCUT2D eigenvalue weighted by Gasteiger charge is -2.09. The first kappa shape index (κ1) is 20.7. The second-order valence-electron chi connectivity index (χ2n) is 6.72. The molecule has 0 aliphatic rings. The molecule has 4 aromatic rings. The Morgan fingerprint density at radius 1 is 0.900 bits per heavy atom. The number of H-pyrrole nitrogens is 1. The van der Waals surface area contributed by atoms with E-state index in [1.165, 1.54) is 5.56 Å². The van der Waals surface area contributed by atoms with Crippen LogP contribution >= 0.6 is 28.1 Å². The van der Waals surface area contributed by atoms with Crippen LogP contribution in [-0.2, 0) is 22.8 Å². The maximum atomic E-state index is 12.9. The van der Waals surface area contributed by atoms with Crippen LogP contribution in [0.2, 0.25) is 0 Å². The van der Waals surface area contributed by atoms with Gasteiger partial charge in [-0.05, 0) is 72.7 Å². The van der Waals surface area contributed by atoms with Crippen LogP contribution in [0, 0.1) is 4.77 Å². The standard InChI is InChI=1S/C22H18BrN3O2S2/c23-18-8-12-20(13-9-18)30(27,28)19-10-6-17(7-11-19)21-24-25-22(29)26(21)15-14-16-4-2-1-3-5-16/h1-13H,14-15H2,(H,25,29). The molecule has 5 nitrogen and oxygen atoms in total. The van der Waals surface area contributed by atoms with Crippen molar-refractivity contribution in [3.05, 3.63) is 93.7 Å². The molecule has 3 aromatic carbocycles. The highest BCUT2D eigenvalue weighted by molar-refractivity contribution is 9.10. The van der Waals surface area contributed by atoms with Gasteiger partial charge in [-0.1, -0.05) is 46.3 Å². The minimum atomic E-state index is -3.58. The molecule has 0 amide bonds. The highest BCUT2D eigenvalue weighted by Gasteiger charge is 2.18. The molecule has 0 fully saturated rings. The summed E-state index contributed by atoms with van der Waals surface area (Å²) in [7, 11) is -3.58. The average molecular weight is 500 g/mol. The van der Waals surface area contributed by atoms with E-state index in [9.17, 15) is 8.42 Å². The van der Waals surface area contributed by atoms with Crippen LogP contribution in [0.4, 0.5) is 0 Å². The molecular weight excluding hydrogens is 482 g/mol. The van der Waals surface area contributed by atoms with E-state index in [-0.39, 0.29) is 9.79 Å². The van der Waals surface area contributed by atoms with Gasteiger partial charge in [-0.2, -0.15) is 5.10 Å². The summed E-state index contributed by atoms with van der Waals surface area (Å²) in [4.78, 5) is 0.488. The molecule has 152 valence electrons. The predicted molar refractivity (Wildman–Crippen MR) is 123 cm³/mol. The zero-order chi connectivity index (χ0) is 21.1. The monoisotopic (exact) mass is 499 g/mol. The Bertz CT molecular complexity index is 1310. The summed E-state index contributed by atoms with van der Waals surface area (Å²) < 4.78 is 29.0. The van der Waals surface area contributed by atoms with Crippen LogP contribution in [0.15, 0.2) is 93.1 Å². The molecule has 8 heteroatoms. The normalized spacial score (nSPS) is 11.5. The van der Waals surface area contributed by atoms with Crippen molar-refractivity contribution in [3.63, 3.8) is 0 Å². The van der Waals surface area contributed by atoms with Crippen LogP contribution in [0.1, 0.15) is 5.56 Å². The Kier molecular flexibility index (Phi) is 5.99. The summed E-state index contributed by atoms with van der Waals surface area (Å²) in [5.41, 5.74) is 2.01. The van der Waals surface area contributed by atoms with Crippen molar-refractivity contribution in [1.29, 1.82) is 0 Å². The number of aromatic amines is 1. The van der Waals surface area contributed by atoms with Gasteiger partial charge in [-0.3, -0.25) is 9.67 Å². The summed E-state index contributed by atoms with van der Waals surface area (Å²) in [6, 6.07) is 23.5. The van der Waals surface area contributed by atoms with Crippen molar-refractivity contribution in [2.75, 3.05) is 0 Å². The van der Waals surface area contributed by atoms with E-state index in [0.29, 0.717) is 17.1 Å². The Morgan fingerprint density at radius 2 is 1.50 bits per heavy atom. The van der Waals surface area contributed by atoms with Crippen LogP contribution < -0.4 is 0 Å². The molecule has 0 aliphatic heterocycles. The molecule has 30 heavy (non-hydrogen) atoms. The van der Waals surface area contributed by atoms with Gasteiger partial charge in [0.15, 0.2) is 10.6 Å². The van der Waals surface area contributed by atoms with Gasteiger partial charge in [-0.15, -0.1) is 0 Å².